The van der Waals surface area contributed by atoms with Gasteiger partial charge in [-0.3, -0.25) is 4.79 Å². The average molecular weight is 580 g/mol. The summed E-state index contributed by atoms with van der Waals surface area (Å²) in [6.07, 6.45) is 7.85. The quantitative estimate of drug-likeness (QED) is 0.105. The Morgan fingerprint density at radius 1 is 1.00 bits per heavy atom. The first kappa shape index (κ1) is 36.6. The summed E-state index contributed by atoms with van der Waals surface area (Å²) in [6, 6.07) is 0. The highest BCUT2D eigenvalue weighted by Gasteiger charge is 2.41. The number of carbonyl (C=O) groups excluding carboxylic acids is 2. The second-order valence-corrected chi connectivity index (χ2v) is 11.9. The standard InChI is InChI=1S/C32H53NO8/c1-9-10-12-21(5)30(41-32(33)39)23(7)28(36)19(3)14-11-13-18(2)27(35)20(4)15-16-25(34)17-26-22(6)29(37)24(8)31(38)40-26/h9-13,15-16,18-30,34-37H,1,14,17H2,2-8H3,(H2,33,39)/b12-10-,13-11-,16-15-/t18-,19?,20-,21-,22-,23?,24+,25+,26-,27+,28+,29-,30-/m0/s1. The van der Waals surface area contributed by atoms with E-state index in [0.29, 0.717) is 6.42 Å². The maximum atomic E-state index is 11.9. The van der Waals surface area contributed by atoms with Crippen LogP contribution < -0.4 is 5.73 Å². The van der Waals surface area contributed by atoms with Gasteiger partial charge in [-0.1, -0.05) is 90.7 Å². The van der Waals surface area contributed by atoms with Crippen molar-refractivity contribution >= 4 is 12.1 Å². The van der Waals surface area contributed by atoms with Crippen molar-refractivity contribution in [1.29, 1.82) is 0 Å². The molecule has 0 radical (unpaired) electrons. The van der Waals surface area contributed by atoms with Gasteiger partial charge in [-0.2, -0.15) is 0 Å². The predicted molar refractivity (Wildman–Crippen MR) is 159 cm³/mol. The molecule has 1 aliphatic heterocycles. The Bertz CT molecular complexity index is 917. The molecule has 6 N–H and O–H groups in total. The smallest absolute Gasteiger partial charge is 0.404 e. The molecule has 0 spiro atoms. The van der Waals surface area contributed by atoms with Crippen molar-refractivity contribution in [1.82, 2.24) is 0 Å². The lowest BCUT2D eigenvalue weighted by Gasteiger charge is -2.36. The van der Waals surface area contributed by atoms with Gasteiger partial charge in [-0.25, -0.2) is 4.79 Å². The number of aliphatic hydroxyl groups is 4. The van der Waals surface area contributed by atoms with E-state index in [-0.39, 0.29) is 41.9 Å². The van der Waals surface area contributed by atoms with E-state index in [1.807, 2.05) is 52.8 Å². The van der Waals surface area contributed by atoms with Crippen LogP contribution in [0.2, 0.25) is 0 Å². The van der Waals surface area contributed by atoms with Crippen LogP contribution in [0.1, 0.15) is 61.3 Å². The molecule has 0 aromatic carbocycles. The first-order valence-corrected chi connectivity index (χ1v) is 14.6. The molecule has 0 aromatic rings. The highest BCUT2D eigenvalue weighted by molar-refractivity contribution is 5.73. The molecule has 0 aliphatic carbocycles. The number of aliphatic hydroxyl groups excluding tert-OH is 4. The number of rotatable bonds is 16. The Kier molecular flexibility index (Phi) is 15.6. The van der Waals surface area contributed by atoms with E-state index < -0.39 is 54.6 Å². The van der Waals surface area contributed by atoms with E-state index >= 15 is 0 Å². The molecule has 1 amide bonds. The second-order valence-electron chi connectivity index (χ2n) is 11.9. The third-order valence-corrected chi connectivity index (χ3v) is 8.37. The van der Waals surface area contributed by atoms with E-state index in [4.69, 9.17) is 15.2 Å². The molecule has 0 saturated carbocycles. The van der Waals surface area contributed by atoms with Crippen molar-refractivity contribution in [3.05, 3.63) is 49.1 Å². The van der Waals surface area contributed by atoms with E-state index in [1.165, 1.54) is 0 Å². The zero-order valence-corrected chi connectivity index (χ0v) is 25.7. The number of hydrogen-bond acceptors (Lipinski definition) is 8. The fourth-order valence-electron chi connectivity index (χ4n) is 5.32. The van der Waals surface area contributed by atoms with Crippen molar-refractivity contribution in [2.24, 2.45) is 47.2 Å². The summed E-state index contributed by atoms with van der Waals surface area (Å²) < 4.78 is 10.7. The Morgan fingerprint density at radius 3 is 2.20 bits per heavy atom. The van der Waals surface area contributed by atoms with Gasteiger partial charge in [0.1, 0.15) is 12.2 Å². The Balaban J connectivity index is 2.67. The van der Waals surface area contributed by atoms with Crippen LogP contribution in [0.4, 0.5) is 4.79 Å². The molecule has 0 aromatic heterocycles. The summed E-state index contributed by atoms with van der Waals surface area (Å²) in [5, 5.41) is 42.5. The molecule has 1 rings (SSSR count). The molecule has 1 fully saturated rings. The molecule has 13 atom stereocenters. The van der Waals surface area contributed by atoms with Gasteiger partial charge in [0, 0.05) is 36.0 Å². The fourth-order valence-corrected chi connectivity index (χ4v) is 5.32. The van der Waals surface area contributed by atoms with E-state index in [2.05, 4.69) is 6.58 Å². The summed E-state index contributed by atoms with van der Waals surface area (Å²) in [4.78, 5) is 23.4. The number of ether oxygens (including phenoxy) is 2. The zero-order chi connectivity index (χ0) is 31.4. The second kappa shape index (κ2) is 17.5. The van der Waals surface area contributed by atoms with E-state index in [0.717, 1.165) is 0 Å². The molecule has 234 valence electrons. The summed E-state index contributed by atoms with van der Waals surface area (Å²) in [5.74, 6) is -2.50. The predicted octanol–water partition coefficient (Wildman–Crippen LogP) is 3.91. The monoisotopic (exact) mass is 579 g/mol. The van der Waals surface area contributed by atoms with Crippen molar-refractivity contribution in [2.45, 2.75) is 97.9 Å². The molecule has 1 heterocycles. The van der Waals surface area contributed by atoms with Gasteiger partial charge in [-0.15, -0.1) is 0 Å². The Hall–Kier alpha value is -2.46. The van der Waals surface area contributed by atoms with Crippen molar-refractivity contribution in [2.75, 3.05) is 0 Å². The van der Waals surface area contributed by atoms with Gasteiger partial charge in [0.15, 0.2) is 0 Å². The number of esters is 1. The highest BCUT2D eigenvalue weighted by atomic mass is 16.6. The number of amides is 1. The SMILES string of the molecule is C=C/C=C\[C@H](C)[C@H](OC(N)=O)C(C)[C@H](O)C(C)C/C=C\[C@H](C)[C@@H](O)[C@@H](C)/C=C\[C@@H](O)C[C@@H]1OC(=O)[C@H](C)[C@@H](O)[C@H]1C. The molecule has 41 heavy (non-hydrogen) atoms. The summed E-state index contributed by atoms with van der Waals surface area (Å²) in [5.41, 5.74) is 5.27. The maximum Gasteiger partial charge on any atom is 0.404 e. The fraction of sp³-hybridized carbons (Fsp3) is 0.688. The maximum absolute atomic E-state index is 11.9. The molecular weight excluding hydrogens is 526 g/mol. The van der Waals surface area contributed by atoms with Gasteiger partial charge < -0.3 is 35.6 Å². The molecule has 1 aliphatic rings. The number of hydrogen-bond donors (Lipinski definition) is 5. The third-order valence-electron chi connectivity index (χ3n) is 8.37. The van der Waals surface area contributed by atoms with Crippen molar-refractivity contribution in [3.63, 3.8) is 0 Å². The summed E-state index contributed by atoms with van der Waals surface area (Å²) in [7, 11) is 0. The number of primary amides is 1. The molecular formula is C32H53NO8. The van der Waals surface area contributed by atoms with Crippen molar-refractivity contribution in [3.8, 4) is 0 Å². The van der Waals surface area contributed by atoms with Gasteiger partial charge in [0.25, 0.3) is 0 Å². The van der Waals surface area contributed by atoms with Gasteiger partial charge in [-0.05, 0) is 19.3 Å². The Labute approximate surface area is 245 Å². The molecule has 1 saturated heterocycles. The first-order valence-electron chi connectivity index (χ1n) is 14.6. The normalized spacial score (nSPS) is 28.4. The number of cyclic esters (lactones) is 1. The van der Waals surface area contributed by atoms with Crippen LogP contribution in [-0.4, -0.2) is 69.1 Å². The molecule has 0 bridgehead atoms. The zero-order valence-electron chi connectivity index (χ0n) is 25.7. The lowest BCUT2D eigenvalue weighted by Crippen LogP contribution is -2.47. The van der Waals surface area contributed by atoms with Crippen LogP contribution in [0.15, 0.2) is 49.1 Å². The largest absolute Gasteiger partial charge is 0.462 e. The number of nitrogens with two attached hydrogens (primary N) is 1. The minimum atomic E-state index is -0.891. The van der Waals surface area contributed by atoms with Gasteiger partial charge in [0.2, 0.25) is 0 Å². The topological polar surface area (TPSA) is 160 Å². The van der Waals surface area contributed by atoms with E-state index in [1.54, 1.807) is 38.2 Å². The van der Waals surface area contributed by atoms with Crippen LogP contribution in [0.3, 0.4) is 0 Å². The molecule has 2 unspecified atom stereocenters. The third kappa shape index (κ3) is 11.4. The number of carbonyl (C=O) groups is 2. The molecule has 9 nitrogen and oxygen atoms in total. The lowest BCUT2D eigenvalue weighted by atomic mass is 9.82. The first-order chi connectivity index (χ1) is 19.1. The average Bonchev–Trinajstić information content (AvgIpc) is 2.93. The van der Waals surface area contributed by atoms with Crippen LogP contribution in [0, 0.1) is 41.4 Å². The summed E-state index contributed by atoms with van der Waals surface area (Å²) >= 11 is 0. The van der Waals surface area contributed by atoms with Gasteiger partial charge >= 0.3 is 12.1 Å². The van der Waals surface area contributed by atoms with Crippen molar-refractivity contribution < 1.29 is 39.5 Å². The summed E-state index contributed by atoms with van der Waals surface area (Å²) in [6.45, 7) is 16.4. The lowest BCUT2D eigenvalue weighted by molar-refractivity contribution is -0.179. The molecule has 9 heteroatoms. The van der Waals surface area contributed by atoms with Crippen LogP contribution >= 0.6 is 0 Å². The Morgan fingerprint density at radius 2 is 1.61 bits per heavy atom. The minimum Gasteiger partial charge on any atom is -0.462 e. The highest BCUT2D eigenvalue weighted by Crippen LogP contribution is 2.30. The van der Waals surface area contributed by atoms with Crippen LogP contribution in [-0.2, 0) is 14.3 Å². The van der Waals surface area contributed by atoms with Crippen LogP contribution in [0.5, 0.6) is 0 Å². The van der Waals surface area contributed by atoms with Gasteiger partial charge in [0.05, 0.1) is 30.3 Å². The minimum absolute atomic E-state index is 0.148. The van der Waals surface area contributed by atoms with Crippen LogP contribution in [0.25, 0.3) is 0 Å². The number of allylic oxidation sites excluding steroid dienone is 3. The van der Waals surface area contributed by atoms with E-state index in [9.17, 15) is 30.0 Å².